The standard InChI is InChI=1S/C25H20Cl2N4O3/c1-15(30-31-25(33)20-13-28-22-8-3-2-7-19(20)22)16-5-4-6-18(11-16)29-24(32)14-34-23-10-9-17(26)12-21(23)27/h2-13,28H,14H2,1H3,(H,29,32)(H,31,33)/b30-15-. The van der Waals surface area contributed by atoms with Crippen molar-refractivity contribution in [1.29, 1.82) is 0 Å². The number of nitrogens with one attached hydrogen (secondary N) is 3. The van der Waals surface area contributed by atoms with Crippen molar-refractivity contribution in [2.24, 2.45) is 5.10 Å². The number of hydrogen-bond acceptors (Lipinski definition) is 4. The van der Waals surface area contributed by atoms with Gasteiger partial charge in [0.25, 0.3) is 11.8 Å². The SMILES string of the molecule is C/C(=N/NC(=O)c1c[nH]c2ccccc12)c1cccc(NC(=O)COc2ccc(Cl)cc2Cl)c1. The van der Waals surface area contributed by atoms with Gasteiger partial charge < -0.3 is 15.0 Å². The minimum atomic E-state index is -0.356. The highest BCUT2D eigenvalue weighted by Crippen LogP contribution is 2.27. The van der Waals surface area contributed by atoms with Gasteiger partial charge in [-0.25, -0.2) is 5.43 Å². The van der Waals surface area contributed by atoms with Crippen LogP contribution in [-0.2, 0) is 4.79 Å². The highest BCUT2D eigenvalue weighted by Gasteiger charge is 2.12. The molecular formula is C25H20Cl2N4O3. The van der Waals surface area contributed by atoms with Gasteiger partial charge >= 0.3 is 0 Å². The molecule has 4 rings (SSSR count). The number of aromatic amines is 1. The van der Waals surface area contributed by atoms with E-state index in [0.717, 1.165) is 16.5 Å². The summed E-state index contributed by atoms with van der Waals surface area (Å²) >= 11 is 11.9. The van der Waals surface area contributed by atoms with Crippen molar-refractivity contribution in [3.8, 4) is 5.75 Å². The summed E-state index contributed by atoms with van der Waals surface area (Å²) in [6.45, 7) is 1.54. The minimum Gasteiger partial charge on any atom is -0.482 e. The van der Waals surface area contributed by atoms with Crippen LogP contribution in [0.15, 0.2) is 78.0 Å². The van der Waals surface area contributed by atoms with Crippen LogP contribution in [-0.4, -0.2) is 29.1 Å². The van der Waals surface area contributed by atoms with Gasteiger partial charge in [0.05, 0.1) is 16.3 Å². The zero-order chi connectivity index (χ0) is 24.1. The number of carbonyl (C=O) groups excluding carboxylic acids is 2. The highest BCUT2D eigenvalue weighted by atomic mass is 35.5. The van der Waals surface area contributed by atoms with E-state index in [1.54, 1.807) is 49.5 Å². The number of benzene rings is 3. The monoisotopic (exact) mass is 494 g/mol. The smallest absolute Gasteiger partial charge is 0.273 e. The molecule has 0 fully saturated rings. The normalized spacial score (nSPS) is 11.3. The van der Waals surface area contributed by atoms with Crippen molar-refractivity contribution in [2.45, 2.75) is 6.92 Å². The third-order valence-corrected chi connectivity index (χ3v) is 5.51. The van der Waals surface area contributed by atoms with Crippen LogP contribution in [0.1, 0.15) is 22.8 Å². The average molecular weight is 495 g/mol. The first-order valence-corrected chi connectivity index (χ1v) is 11.0. The summed E-state index contributed by atoms with van der Waals surface area (Å²) in [6, 6.07) is 19.4. The molecule has 4 aromatic rings. The fourth-order valence-corrected chi connectivity index (χ4v) is 3.74. The lowest BCUT2D eigenvalue weighted by Crippen LogP contribution is -2.21. The Bertz CT molecular complexity index is 1400. The van der Waals surface area contributed by atoms with E-state index < -0.39 is 0 Å². The first-order chi connectivity index (χ1) is 16.4. The number of para-hydroxylation sites is 1. The van der Waals surface area contributed by atoms with E-state index in [9.17, 15) is 9.59 Å². The number of ether oxygens (including phenoxy) is 1. The first-order valence-electron chi connectivity index (χ1n) is 10.3. The van der Waals surface area contributed by atoms with Crippen LogP contribution in [0.3, 0.4) is 0 Å². The fourth-order valence-electron chi connectivity index (χ4n) is 3.27. The summed E-state index contributed by atoms with van der Waals surface area (Å²) in [7, 11) is 0. The van der Waals surface area contributed by atoms with Gasteiger partial charge in [-0.3, -0.25) is 9.59 Å². The first kappa shape index (κ1) is 23.4. The van der Waals surface area contributed by atoms with Gasteiger partial charge in [0.1, 0.15) is 5.75 Å². The van der Waals surface area contributed by atoms with E-state index in [1.165, 1.54) is 0 Å². The lowest BCUT2D eigenvalue weighted by atomic mass is 10.1. The molecule has 9 heteroatoms. The van der Waals surface area contributed by atoms with Crippen molar-refractivity contribution in [1.82, 2.24) is 10.4 Å². The molecule has 0 aliphatic heterocycles. The maximum absolute atomic E-state index is 12.6. The number of nitrogens with zero attached hydrogens (tertiary/aromatic N) is 1. The molecule has 0 saturated heterocycles. The average Bonchev–Trinajstić information content (AvgIpc) is 3.26. The van der Waals surface area contributed by atoms with E-state index in [4.69, 9.17) is 27.9 Å². The van der Waals surface area contributed by atoms with Gasteiger partial charge in [0, 0.05) is 27.8 Å². The predicted octanol–water partition coefficient (Wildman–Crippen LogP) is 5.65. The van der Waals surface area contributed by atoms with E-state index in [1.807, 2.05) is 30.3 Å². The second kappa shape index (κ2) is 10.4. The maximum Gasteiger partial charge on any atom is 0.273 e. The Morgan fingerprint density at radius 3 is 2.68 bits per heavy atom. The Labute approximate surface area is 205 Å². The molecule has 0 saturated carbocycles. The Balaban J connectivity index is 1.37. The summed E-state index contributed by atoms with van der Waals surface area (Å²) in [5, 5.41) is 8.60. The molecule has 172 valence electrons. The summed E-state index contributed by atoms with van der Waals surface area (Å²) in [5.74, 6) is -0.312. The molecule has 0 bridgehead atoms. The molecule has 34 heavy (non-hydrogen) atoms. The molecule has 0 aliphatic carbocycles. The lowest BCUT2D eigenvalue weighted by Gasteiger charge is -2.10. The number of carbonyl (C=O) groups is 2. The zero-order valence-corrected chi connectivity index (χ0v) is 19.6. The number of halogens is 2. The molecule has 3 N–H and O–H groups in total. The van der Waals surface area contributed by atoms with Crippen LogP contribution >= 0.6 is 23.2 Å². The molecule has 7 nitrogen and oxygen atoms in total. The molecule has 0 radical (unpaired) electrons. The highest BCUT2D eigenvalue weighted by molar-refractivity contribution is 6.35. The van der Waals surface area contributed by atoms with Gasteiger partial charge in [0.2, 0.25) is 0 Å². The Hall–Kier alpha value is -3.81. The number of rotatable bonds is 7. The van der Waals surface area contributed by atoms with Crippen LogP contribution in [0.25, 0.3) is 10.9 Å². The van der Waals surface area contributed by atoms with E-state index in [2.05, 4.69) is 20.8 Å². The van der Waals surface area contributed by atoms with E-state index in [0.29, 0.717) is 32.8 Å². The molecule has 0 atom stereocenters. The third-order valence-electron chi connectivity index (χ3n) is 4.98. The quantitative estimate of drug-likeness (QED) is 0.229. The van der Waals surface area contributed by atoms with Crippen molar-refractivity contribution < 1.29 is 14.3 Å². The van der Waals surface area contributed by atoms with Crippen LogP contribution < -0.4 is 15.5 Å². The van der Waals surface area contributed by atoms with Crippen molar-refractivity contribution in [3.05, 3.63) is 94.1 Å². The number of fused-ring (bicyclic) bond motifs is 1. The minimum absolute atomic E-state index is 0.223. The largest absolute Gasteiger partial charge is 0.482 e. The summed E-state index contributed by atoms with van der Waals surface area (Å²) < 4.78 is 5.46. The number of anilines is 1. The second-order valence-corrected chi connectivity index (χ2v) is 8.22. The molecule has 0 spiro atoms. The molecule has 0 unspecified atom stereocenters. The van der Waals surface area contributed by atoms with Gasteiger partial charge in [-0.15, -0.1) is 0 Å². The second-order valence-electron chi connectivity index (χ2n) is 7.38. The van der Waals surface area contributed by atoms with Crippen molar-refractivity contribution >= 4 is 57.3 Å². The van der Waals surface area contributed by atoms with Gasteiger partial charge in [-0.2, -0.15) is 5.10 Å². The number of aromatic nitrogens is 1. The fraction of sp³-hybridized carbons (Fsp3) is 0.0800. The molecule has 2 amide bonds. The van der Waals surface area contributed by atoms with E-state index >= 15 is 0 Å². The number of H-pyrrole nitrogens is 1. The zero-order valence-electron chi connectivity index (χ0n) is 18.1. The summed E-state index contributed by atoms with van der Waals surface area (Å²) in [4.78, 5) is 27.9. The Kier molecular flexibility index (Phi) is 7.15. The van der Waals surface area contributed by atoms with E-state index in [-0.39, 0.29) is 18.4 Å². The molecular weight excluding hydrogens is 475 g/mol. The Morgan fingerprint density at radius 2 is 1.85 bits per heavy atom. The number of hydrogen-bond donors (Lipinski definition) is 3. The Morgan fingerprint density at radius 1 is 1.03 bits per heavy atom. The van der Waals surface area contributed by atoms with Crippen molar-refractivity contribution in [2.75, 3.05) is 11.9 Å². The van der Waals surface area contributed by atoms with Gasteiger partial charge in [-0.05, 0) is 48.9 Å². The number of amides is 2. The van der Waals surface area contributed by atoms with Crippen LogP contribution in [0.5, 0.6) is 5.75 Å². The predicted molar refractivity (Wildman–Crippen MR) is 135 cm³/mol. The number of hydrazone groups is 1. The molecule has 3 aromatic carbocycles. The summed E-state index contributed by atoms with van der Waals surface area (Å²) in [6.07, 6.45) is 1.65. The maximum atomic E-state index is 12.6. The molecule has 0 aliphatic rings. The van der Waals surface area contributed by atoms with Gasteiger partial charge in [-0.1, -0.05) is 53.5 Å². The van der Waals surface area contributed by atoms with Gasteiger partial charge in [0.15, 0.2) is 6.61 Å². The summed E-state index contributed by atoms with van der Waals surface area (Å²) in [5.41, 5.74) is 5.84. The molecule has 1 heterocycles. The topological polar surface area (TPSA) is 95.6 Å². The van der Waals surface area contributed by atoms with Crippen LogP contribution in [0.4, 0.5) is 5.69 Å². The van der Waals surface area contributed by atoms with Crippen LogP contribution in [0, 0.1) is 0 Å². The third kappa shape index (κ3) is 5.57. The molecule has 1 aromatic heterocycles. The van der Waals surface area contributed by atoms with Crippen LogP contribution in [0.2, 0.25) is 10.0 Å². The van der Waals surface area contributed by atoms with Crippen molar-refractivity contribution in [3.63, 3.8) is 0 Å². The lowest BCUT2D eigenvalue weighted by molar-refractivity contribution is -0.118.